The van der Waals surface area contributed by atoms with Crippen LogP contribution in [0.25, 0.3) is 0 Å². The molecule has 0 bridgehead atoms. The van der Waals surface area contributed by atoms with Crippen LogP contribution in [0.4, 0.5) is 0 Å². The third-order valence-electron chi connectivity index (χ3n) is 3.00. The molecule has 2 aromatic rings. The maximum absolute atomic E-state index is 10.7. The first-order chi connectivity index (χ1) is 9.56. The summed E-state index contributed by atoms with van der Waals surface area (Å²) in [6.07, 6.45) is 0.102. The lowest BCUT2D eigenvalue weighted by Crippen LogP contribution is -2.17. The second kappa shape index (κ2) is 7.02. The number of benzene rings is 1. The molecule has 0 saturated heterocycles. The number of halogens is 1. The molecule has 1 atom stereocenters. The summed E-state index contributed by atoms with van der Waals surface area (Å²) in [7, 11) is 0. The summed E-state index contributed by atoms with van der Waals surface area (Å²) in [5.74, 6) is -0.784. The lowest BCUT2D eigenvalue weighted by atomic mass is 10.1. The quantitative estimate of drug-likeness (QED) is 0.825. The van der Waals surface area contributed by atoms with E-state index in [1.54, 1.807) is 11.3 Å². The van der Waals surface area contributed by atoms with Gasteiger partial charge in [0.2, 0.25) is 0 Å². The predicted octanol–water partition coefficient (Wildman–Crippen LogP) is 3.99. The van der Waals surface area contributed by atoms with Gasteiger partial charge in [0.05, 0.1) is 6.42 Å². The average Bonchev–Trinajstić information content (AvgIpc) is 2.83. The number of carboxylic acid groups (broad SMARTS) is 1. The Bertz CT molecular complexity index is 597. The first-order valence-electron chi connectivity index (χ1n) is 6.33. The van der Waals surface area contributed by atoms with Gasteiger partial charge in [-0.05, 0) is 30.7 Å². The van der Waals surface area contributed by atoms with Crippen LogP contribution in [0.1, 0.15) is 28.3 Å². The topological polar surface area (TPSA) is 49.3 Å². The van der Waals surface area contributed by atoms with Crippen molar-refractivity contribution in [1.82, 2.24) is 5.32 Å². The van der Waals surface area contributed by atoms with E-state index >= 15 is 0 Å². The highest BCUT2D eigenvalue weighted by atomic mass is 79.9. The zero-order valence-electron chi connectivity index (χ0n) is 11.1. The highest BCUT2D eigenvalue weighted by Gasteiger charge is 2.09. The standard InChI is InChI=1S/C15H16BrNO2S/c1-10(13-4-2-3-5-14(13)16)17-9-12-7-6-11(20-12)8-15(18)19/h2-7,10,17H,8-9H2,1H3,(H,18,19)/t10-/m0/s1. The molecule has 0 spiro atoms. The van der Waals surface area contributed by atoms with Crippen molar-refractivity contribution in [1.29, 1.82) is 0 Å². The second-order valence-electron chi connectivity index (χ2n) is 4.56. The second-order valence-corrected chi connectivity index (χ2v) is 6.67. The number of hydrogen-bond acceptors (Lipinski definition) is 3. The Morgan fingerprint density at radius 1 is 1.30 bits per heavy atom. The number of rotatable bonds is 6. The predicted molar refractivity (Wildman–Crippen MR) is 85.1 cm³/mol. The molecule has 0 aliphatic carbocycles. The normalized spacial score (nSPS) is 12.3. The zero-order chi connectivity index (χ0) is 14.5. The summed E-state index contributed by atoms with van der Waals surface area (Å²) < 4.78 is 1.10. The van der Waals surface area contributed by atoms with Crippen LogP contribution < -0.4 is 5.32 Å². The monoisotopic (exact) mass is 353 g/mol. The molecular formula is C15H16BrNO2S. The Labute approximate surface area is 130 Å². The summed E-state index contributed by atoms with van der Waals surface area (Å²) >= 11 is 5.10. The summed E-state index contributed by atoms with van der Waals surface area (Å²) in [6, 6.07) is 12.2. The van der Waals surface area contributed by atoms with Gasteiger partial charge in [-0.3, -0.25) is 4.79 Å². The number of carboxylic acids is 1. The molecule has 0 fully saturated rings. The van der Waals surface area contributed by atoms with Crippen LogP contribution in [0.5, 0.6) is 0 Å². The van der Waals surface area contributed by atoms with E-state index in [-0.39, 0.29) is 12.5 Å². The van der Waals surface area contributed by atoms with Crippen molar-refractivity contribution in [3.05, 3.63) is 56.2 Å². The molecule has 1 aromatic carbocycles. The van der Waals surface area contributed by atoms with Crippen LogP contribution in [0.15, 0.2) is 40.9 Å². The van der Waals surface area contributed by atoms with E-state index in [0.717, 1.165) is 20.8 Å². The van der Waals surface area contributed by atoms with Crippen molar-refractivity contribution >= 4 is 33.2 Å². The number of nitrogens with one attached hydrogen (secondary N) is 1. The van der Waals surface area contributed by atoms with Gasteiger partial charge in [0, 0.05) is 26.8 Å². The average molecular weight is 354 g/mol. The molecule has 1 aromatic heterocycles. The lowest BCUT2D eigenvalue weighted by molar-refractivity contribution is -0.136. The van der Waals surface area contributed by atoms with Crippen molar-refractivity contribution in [3.8, 4) is 0 Å². The first-order valence-corrected chi connectivity index (χ1v) is 7.94. The van der Waals surface area contributed by atoms with Gasteiger partial charge in [-0.1, -0.05) is 34.1 Å². The van der Waals surface area contributed by atoms with Gasteiger partial charge in [0.1, 0.15) is 0 Å². The highest BCUT2D eigenvalue weighted by molar-refractivity contribution is 9.10. The third kappa shape index (κ3) is 4.16. The molecule has 2 N–H and O–H groups in total. The van der Waals surface area contributed by atoms with E-state index in [1.807, 2.05) is 30.3 Å². The van der Waals surface area contributed by atoms with Gasteiger partial charge in [0.25, 0.3) is 0 Å². The number of hydrogen-bond donors (Lipinski definition) is 2. The minimum Gasteiger partial charge on any atom is -0.481 e. The maximum Gasteiger partial charge on any atom is 0.308 e. The molecule has 2 rings (SSSR count). The molecule has 5 heteroatoms. The summed E-state index contributed by atoms with van der Waals surface area (Å²) in [5, 5.41) is 12.2. The minimum absolute atomic E-state index is 0.102. The largest absolute Gasteiger partial charge is 0.481 e. The Balaban J connectivity index is 1.93. The summed E-state index contributed by atoms with van der Waals surface area (Å²) in [4.78, 5) is 12.7. The maximum atomic E-state index is 10.7. The van der Waals surface area contributed by atoms with Gasteiger partial charge in [-0.2, -0.15) is 0 Å². The Hall–Kier alpha value is -1.17. The summed E-state index contributed by atoms with van der Waals surface area (Å²) in [6.45, 7) is 2.86. The highest BCUT2D eigenvalue weighted by Crippen LogP contribution is 2.24. The molecule has 0 saturated carbocycles. The third-order valence-corrected chi connectivity index (χ3v) is 4.80. The number of carbonyl (C=O) groups is 1. The van der Waals surface area contributed by atoms with Crippen molar-refractivity contribution in [2.75, 3.05) is 0 Å². The van der Waals surface area contributed by atoms with Gasteiger partial charge in [-0.25, -0.2) is 0 Å². The summed E-state index contributed by atoms with van der Waals surface area (Å²) in [5.41, 5.74) is 1.22. The van der Waals surface area contributed by atoms with E-state index in [0.29, 0.717) is 0 Å². The van der Waals surface area contributed by atoms with Gasteiger partial charge in [-0.15, -0.1) is 11.3 Å². The number of aliphatic carboxylic acids is 1. The fourth-order valence-electron chi connectivity index (χ4n) is 1.95. The van der Waals surface area contributed by atoms with Crippen LogP contribution in [-0.2, 0) is 17.8 Å². The van der Waals surface area contributed by atoms with Crippen LogP contribution in [0, 0.1) is 0 Å². The van der Waals surface area contributed by atoms with Crippen molar-refractivity contribution in [2.24, 2.45) is 0 Å². The van der Waals surface area contributed by atoms with Crippen molar-refractivity contribution in [2.45, 2.75) is 25.9 Å². The first kappa shape index (κ1) is 15.2. The van der Waals surface area contributed by atoms with Gasteiger partial charge < -0.3 is 10.4 Å². The fourth-order valence-corrected chi connectivity index (χ4v) is 3.54. The SMILES string of the molecule is C[C@H](NCc1ccc(CC(=O)O)s1)c1ccccc1Br. The molecule has 1 heterocycles. The van der Waals surface area contributed by atoms with E-state index in [4.69, 9.17) is 5.11 Å². The molecule has 3 nitrogen and oxygen atoms in total. The van der Waals surface area contributed by atoms with E-state index in [1.165, 1.54) is 5.56 Å². The molecular weight excluding hydrogens is 338 g/mol. The Kier molecular flexibility index (Phi) is 5.34. The van der Waals surface area contributed by atoms with Crippen molar-refractivity contribution in [3.63, 3.8) is 0 Å². The zero-order valence-corrected chi connectivity index (χ0v) is 13.5. The lowest BCUT2D eigenvalue weighted by Gasteiger charge is -2.15. The Morgan fingerprint density at radius 2 is 2.00 bits per heavy atom. The smallest absolute Gasteiger partial charge is 0.308 e. The Morgan fingerprint density at radius 3 is 2.70 bits per heavy atom. The van der Waals surface area contributed by atoms with E-state index < -0.39 is 5.97 Å². The van der Waals surface area contributed by atoms with E-state index in [2.05, 4.69) is 34.2 Å². The minimum atomic E-state index is -0.784. The molecule has 0 unspecified atom stereocenters. The fraction of sp³-hybridized carbons (Fsp3) is 0.267. The van der Waals surface area contributed by atoms with Crippen LogP contribution >= 0.6 is 27.3 Å². The molecule has 106 valence electrons. The van der Waals surface area contributed by atoms with Crippen LogP contribution in [0.2, 0.25) is 0 Å². The molecule has 0 amide bonds. The van der Waals surface area contributed by atoms with Crippen LogP contribution in [-0.4, -0.2) is 11.1 Å². The molecule has 0 radical (unpaired) electrons. The van der Waals surface area contributed by atoms with Crippen LogP contribution in [0.3, 0.4) is 0 Å². The van der Waals surface area contributed by atoms with Gasteiger partial charge >= 0.3 is 5.97 Å². The van der Waals surface area contributed by atoms with Gasteiger partial charge in [0.15, 0.2) is 0 Å². The number of thiophene rings is 1. The molecule has 0 aliphatic heterocycles. The van der Waals surface area contributed by atoms with Crippen molar-refractivity contribution < 1.29 is 9.90 Å². The van der Waals surface area contributed by atoms with E-state index in [9.17, 15) is 4.79 Å². The molecule has 20 heavy (non-hydrogen) atoms. The molecule has 0 aliphatic rings.